The van der Waals surface area contributed by atoms with E-state index in [0.717, 1.165) is 39.1 Å². The maximum absolute atomic E-state index is 9.09. The Labute approximate surface area is 161 Å². The number of anilines is 1. The molecule has 0 saturated heterocycles. The highest BCUT2D eigenvalue weighted by molar-refractivity contribution is 6.37. The minimum absolute atomic E-state index is 0.601. The first kappa shape index (κ1) is 17.2. The molecular weight excluding hydrogens is 356 g/mol. The van der Waals surface area contributed by atoms with E-state index in [0.29, 0.717) is 16.4 Å². The van der Waals surface area contributed by atoms with Gasteiger partial charge in [-0.1, -0.05) is 66.1 Å². The van der Waals surface area contributed by atoms with Crippen molar-refractivity contribution in [1.29, 1.82) is 0 Å². The van der Waals surface area contributed by atoms with Crippen molar-refractivity contribution >= 4 is 44.5 Å². The highest BCUT2D eigenvalue weighted by Crippen LogP contribution is 2.42. The number of nitrogens with zero attached hydrogens (tertiary/aromatic N) is 3. The SMILES string of the molecule is CCc1c(-c2ccccc2)cc(N=[N+]=[N-])c2ccc3c(Cl)cc(N)cc3c12. The number of aryl methyl sites for hydroxylation is 1. The van der Waals surface area contributed by atoms with Gasteiger partial charge in [-0.25, -0.2) is 0 Å². The first-order valence-electron chi connectivity index (χ1n) is 8.72. The molecule has 0 aliphatic carbocycles. The molecule has 5 heteroatoms. The number of halogens is 1. The van der Waals surface area contributed by atoms with Crippen LogP contribution in [0.2, 0.25) is 5.02 Å². The van der Waals surface area contributed by atoms with E-state index in [1.165, 1.54) is 5.56 Å². The van der Waals surface area contributed by atoms with Gasteiger partial charge in [0.15, 0.2) is 0 Å². The highest BCUT2D eigenvalue weighted by Gasteiger charge is 2.15. The summed E-state index contributed by atoms with van der Waals surface area (Å²) >= 11 is 6.45. The first-order chi connectivity index (χ1) is 13.1. The number of fused-ring (bicyclic) bond motifs is 3. The van der Waals surface area contributed by atoms with Gasteiger partial charge in [-0.15, -0.1) is 0 Å². The molecule has 4 aromatic carbocycles. The first-order valence-corrected chi connectivity index (χ1v) is 9.09. The van der Waals surface area contributed by atoms with E-state index >= 15 is 0 Å². The zero-order valence-corrected chi connectivity index (χ0v) is 15.5. The summed E-state index contributed by atoms with van der Waals surface area (Å²) in [5, 5.41) is 8.43. The van der Waals surface area contributed by atoms with Gasteiger partial charge in [0, 0.05) is 21.7 Å². The van der Waals surface area contributed by atoms with Crippen molar-refractivity contribution in [1.82, 2.24) is 0 Å². The molecule has 0 spiro atoms. The van der Waals surface area contributed by atoms with Crippen molar-refractivity contribution in [2.24, 2.45) is 5.11 Å². The molecule has 0 fully saturated rings. The molecule has 0 aliphatic heterocycles. The molecule has 0 heterocycles. The van der Waals surface area contributed by atoms with Gasteiger partial charge in [0.05, 0.1) is 5.02 Å². The van der Waals surface area contributed by atoms with Crippen LogP contribution in [0.3, 0.4) is 0 Å². The summed E-state index contributed by atoms with van der Waals surface area (Å²) in [5.41, 5.74) is 19.7. The Morgan fingerprint density at radius 1 is 1.00 bits per heavy atom. The fraction of sp³-hybridized carbons (Fsp3) is 0.0909. The van der Waals surface area contributed by atoms with E-state index in [4.69, 9.17) is 22.9 Å². The number of rotatable bonds is 3. The van der Waals surface area contributed by atoms with Crippen molar-refractivity contribution in [2.45, 2.75) is 13.3 Å². The number of benzene rings is 4. The molecule has 0 aromatic heterocycles. The van der Waals surface area contributed by atoms with Crippen LogP contribution in [0.15, 0.2) is 65.8 Å². The average Bonchev–Trinajstić information content (AvgIpc) is 2.68. The lowest BCUT2D eigenvalue weighted by atomic mass is 9.89. The fourth-order valence-electron chi connectivity index (χ4n) is 3.76. The molecule has 4 nitrogen and oxygen atoms in total. The molecule has 2 N–H and O–H groups in total. The van der Waals surface area contributed by atoms with Crippen molar-refractivity contribution in [3.63, 3.8) is 0 Å². The Hall–Kier alpha value is -3.20. The van der Waals surface area contributed by atoms with Crippen LogP contribution in [-0.2, 0) is 6.42 Å². The average molecular weight is 373 g/mol. The third-order valence-electron chi connectivity index (χ3n) is 4.88. The summed E-state index contributed by atoms with van der Waals surface area (Å²) in [6.07, 6.45) is 0.822. The van der Waals surface area contributed by atoms with Crippen molar-refractivity contribution in [3.05, 3.63) is 81.7 Å². The summed E-state index contributed by atoms with van der Waals surface area (Å²) in [6.45, 7) is 2.13. The Balaban J connectivity index is 2.27. The topological polar surface area (TPSA) is 74.8 Å². The smallest absolute Gasteiger partial charge is 0.0505 e. The lowest BCUT2D eigenvalue weighted by molar-refractivity contribution is 1.16. The second-order valence-corrected chi connectivity index (χ2v) is 6.82. The predicted octanol–water partition coefficient (Wildman–Crippen LogP) is 7.40. The molecule has 0 atom stereocenters. The molecule has 132 valence electrons. The minimum atomic E-state index is 0.601. The third kappa shape index (κ3) is 2.85. The predicted molar refractivity (Wildman–Crippen MR) is 114 cm³/mol. The second kappa shape index (κ2) is 6.84. The fourth-order valence-corrected chi connectivity index (χ4v) is 4.05. The summed E-state index contributed by atoms with van der Waals surface area (Å²) in [4.78, 5) is 3.04. The normalized spacial score (nSPS) is 10.9. The molecular formula is C22H17ClN4. The van der Waals surface area contributed by atoms with Crippen LogP contribution in [0, 0.1) is 0 Å². The van der Waals surface area contributed by atoms with Gasteiger partial charge in [0.1, 0.15) is 0 Å². The summed E-state index contributed by atoms with van der Waals surface area (Å²) in [7, 11) is 0. The van der Waals surface area contributed by atoms with Crippen LogP contribution in [0.4, 0.5) is 11.4 Å². The van der Waals surface area contributed by atoms with Gasteiger partial charge >= 0.3 is 0 Å². The van der Waals surface area contributed by atoms with Gasteiger partial charge in [-0.05, 0) is 63.0 Å². The zero-order valence-electron chi connectivity index (χ0n) is 14.8. The Morgan fingerprint density at radius 3 is 2.44 bits per heavy atom. The lowest BCUT2D eigenvalue weighted by Gasteiger charge is -2.17. The van der Waals surface area contributed by atoms with E-state index in [1.54, 1.807) is 6.07 Å². The lowest BCUT2D eigenvalue weighted by Crippen LogP contribution is -1.94. The minimum Gasteiger partial charge on any atom is -0.399 e. The van der Waals surface area contributed by atoms with Gasteiger partial charge in [0.2, 0.25) is 0 Å². The van der Waals surface area contributed by atoms with Gasteiger partial charge < -0.3 is 5.73 Å². The molecule has 4 rings (SSSR count). The maximum Gasteiger partial charge on any atom is 0.0505 e. The quantitative estimate of drug-likeness (QED) is 0.131. The molecule has 4 aromatic rings. The highest BCUT2D eigenvalue weighted by atomic mass is 35.5. The molecule has 0 radical (unpaired) electrons. The maximum atomic E-state index is 9.09. The summed E-state index contributed by atoms with van der Waals surface area (Å²) in [6, 6.07) is 19.7. The number of azide groups is 1. The molecule has 0 bridgehead atoms. The van der Waals surface area contributed by atoms with Gasteiger partial charge in [0.25, 0.3) is 0 Å². The van der Waals surface area contributed by atoms with E-state index < -0.39 is 0 Å². The van der Waals surface area contributed by atoms with Crippen LogP contribution < -0.4 is 5.73 Å². The van der Waals surface area contributed by atoms with Gasteiger partial charge in [-0.3, -0.25) is 0 Å². The van der Waals surface area contributed by atoms with Crippen LogP contribution in [-0.4, -0.2) is 0 Å². The molecule has 0 aliphatic rings. The van der Waals surface area contributed by atoms with E-state index in [-0.39, 0.29) is 0 Å². The Morgan fingerprint density at radius 2 is 1.74 bits per heavy atom. The number of hydrogen-bond acceptors (Lipinski definition) is 2. The summed E-state index contributed by atoms with van der Waals surface area (Å²) in [5.74, 6) is 0. The zero-order chi connectivity index (χ0) is 19.0. The molecule has 0 unspecified atom stereocenters. The van der Waals surface area contributed by atoms with E-state index in [1.807, 2.05) is 42.5 Å². The van der Waals surface area contributed by atoms with E-state index in [2.05, 4.69) is 29.1 Å². The Bertz CT molecular complexity index is 1230. The number of hydrogen-bond donors (Lipinski definition) is 1. The van der Waals surface area contributed by atoms with E-state index in [9.17, 15) is 0 Å². The largest absolute Gasteiger partial charge is 0.399 e. The van der Waals surface area contributed by atoms with Crippen LogP contribution in [0.1, 0.15) is 12.5 Å². The Kier molecular flexibility index (Phi) is 4.36. The second-order valence-electron chi connectivity index (χ2n) is 6.42. The van der Waals surface area contributed by atoms with Crippen molar-refractivity contribution in [2.75, 3.05) is 5.73 Å². The molecule has 0 saturated carbocycles. The van der Waals surface area contributed by atoms with Crippen LogP contribution in [0.25, 0.3) is 43.1 Å². The number of nitrogen functional groups attached to an aromatic ring is 1. The van der Waals surface area contributed by atoms with Gasteiger partial charge in [-0.2, -0.15) is 0 Å². The van der Waals surface area contributed by atoms with Crippen molar-refractivity contribution < 1.29 is 0 Å². The third-order valence-corrected chi connectivity index (χ3v) is 5.19. The monoisotopic (exact) mass is 372 g/mol. The molecule has 27 heavy (non-hydrogen) atoms. The number of nitrogens with two attached hydrogens (primary N) is 1. The summed E-state index contributed by atoms with van der Waals surface area (Å²) < 4.78 is 0. The molecule has 0 amide bonds. The van der Waals surface area contributed by atoms with Crippen LogP contribution >= 0.6 is 11.6 Å². The standard InChI is InChI=1S/C22H17ClN4/c1-2-15-18(13-6-4-3-5-7-13)12-21(26-27-25)17-9-8-16-19(22(15)17)10-14(24)11-20(16)23/h3-12H,2,24H2,1H3. The van der Waals surface area contributed by atoms with Crippen molar-refractivity contribution in [3.8, 4) is 11.1 Å². The van der Waals surface area contributed by atoms with Crippen LogP contribution in [0.5, 0.6) is 0 Å².